The van der Waals surface area contributed by atoms with E-state index < -0.39 is 0 Å². The number of rotatable bonds is 2. The van der Waals surface area contributed by atoms with Gasteiger partial charge in [-0.2, -0.15) is 0 Å². The first-order valence-electron chi connectivity index (χ1n) is 12.5. The Labute approximate surface area is 219 Å². The van der Waals surface area contributed by atoms with Crippen molar-refractivity contribution in [3.8, 4) is 22.3 Å². The Hall–Kier alpha value is -4.64. The molecule has 0 nitrogen and oxygen atoms in total. The lowest BCUT2D eigenvalue weighted by Crippen LogP contribution is -1.85. The first-order chi connectivity index (χ1) is 18.3. The molecule has 0 atom stereocenters. The van der Waals surface area contributed by atoms with E-state index in [1.807, 2.05) is 11.3 Å². The molecule has 7 aromatic carbocycles. The minimum absolute atomic E-state index is 1.16. The van der Waals surface area contributed by atoms with E-state index in [-0.39, 0.29) is 0 Å². The summed E-state index contributed by atoms with van der Waals surface area (Å²) < 4.78 is 2.56. The Morgan fingerprint density at radius 2 is 1.05 bits per heavy atom. The molecule has 1 aromatic heterocycles. The van der Waals surface area contributed by atoms with E-state index in [0.29, 0.717) is 0 Å². The molecule has 0 unspecified atom stereocenters. The molecule has 1 heteroatoms. The molecular weight excluding hydrogens is 464 g/mol. The van der Waals surface area contributed by atoms with Crippen LogP contribution in [0.5, 0.6) is 0 Å². The third kappa shape index (κ3) is 3.10. The van der Waals surface area contributed by atoms with Gasteiger partial charge >= 0.3 is 0 Å². The van der Waals surface area contributed by atoms with Crippen LogP contribution >= 0.6 is 11.3 Å². The topological polar surface area (TPSA) is 0 Å². The molecule has 0 saturated carbocycles. The zero-order valence-electron chi connectivity index (χ0n) is 20.0. The Morgan fingerprint density at radius 1 is 0.459 bits per heavy atom. The fraction of sp³-hybridized carbons (Fsp3) is 0. The van der Waals surface area contributed by atoms with Gasteiger partial charge in [-0.25, -0.2) is 0 Å². The number of thiophene rings is 1. The van der Waals surface area contributed by atoms with Gasteiger partial charge in [0.25, 0.3) is 0 Å². The van der Waals surface area contributed by atoms with E-state index in [1.165, 1.54) is 69.4 Å². The van der Waals surface area contributed by atoms with Crippen LogP contribution < -0.4 is 0 Å². The number of hydrogen-bond acceptors (Lipinski definition) is 1. The third-order valence-electron chi connectivity index (χ3n) is 7.50. The lowest BCUT2D eigenvalue weighted by molar-refractivity contribution is 1.63. The highest BCUT2D eigenvalue weighted by atomic mass is 32.1. The molecule has 8 rings (SSSR count). The molecule has 170 valence electrons. The van der Waals surface area contributed by atoms with Crippen LogP contribution in [-0.2, 0) is 0 Å². The van der Waals surface area contributed by atoms with Crippen molar-refractivity contribution in [1.29, 1.82) is 0 Å². The number of hydrogen-bond donors (Lipinski definition) is 0. The molecule has 0 saturated heterocycles. The van der Waals surface area contributed by atoms with E-state index in [1.54, 1.807) is 0 Å². The van der Waals surface area contributed by atoms with Gasteiger partial charge in [-0.15, -0.1) is 11.3 Å². The maximum absolute atomic E-state index is 3.37. The quantitative estimate of drug-likeness (QED) is 0.214. The molecule has 0 amide bonds. The van der Waals surface area contributed by atoms with Gasteiger partial charge in [-0.05, 0) is 73.3 Å². The van der Waals surface area contributed by atoms with Crippen molar-refractivity contribution in [3.63, 3.8) is 0 Å². The highest BCUT2D eigenvalue weighted by Gasteiger charge is 2.12. The van der Waals surface area contributed by atoms with E-state index in [0.717, 1.165) is 5.39 Å². The van der Waals surface area contributed by atoms with Crippen molar-refractivity contribution in [2.75, 3.05) is 0 Å². The lowest BCUT2D eigenvalue weighted by atomic mass is 9.91. The summed E-state index contributed by atoms with van der Waals surface area (Å²) in [6.45, 7) is 0. The zero-order valence-corrected chi connectivity index (χ0v) is 20.8. The molecular formula is C36H20S. The average molecular weight is 485 g/mol. The lowest BCUT2D eigenvalue weighted by Gasteiger charge is -2.12. The highest BCUT2D eigenvalue weighted by molar-refractivity contribution is 7.26. The van der Waals surface area contributed by atoms with Crippen LogP contribution in [0.3, 0.4) is 0 Å². The maximum atomic E-state index is 3.37. The second kappa shape index (κ2) is 7.93. The van der Waals surface area contributed by atoms with Crippen LogP contribution in [0.15, 0.2) is 121 Å². The average Bonchev–Trinajstić information content (AvgIpc) is 3.36. The van der Waals surface area contributed by atoms with E-state index in [9.17, 15) is 0 Å². The van der Waals surface area contributed by atoms with Gasteiger partial charge in [0.1, 0.15) is 0 Å². The first kappa shape index (κ1) is 20.5. The Bertz CT molecular complexity index is 2110. The molecule has 0 spiro atoms. The zero-order chi connectivity index (χ0) is 24.3. The van der Waals surface area contributed by atoms with E-state index in [4.69, 9.17) is 0 Å². The van der Waals surface area contributed by atoms with Gasteiger partial charge in [-0.3, -0.25) is 0 Å². The van der Waals surface area contributed by atoms with Crippen LogP contribution in [0.25, 0.3) is 74.7 Å². The van der Waals surface area contributed by atoms with Crippen molar-refractivity contribution < 1.29 is 0 Å². The summed E-state index contributed by atoms with van der Waals surface area (Å²) in [4.78, 5) is 0. The fourth-order valence-corrected chi connectivity index (χ4v) is 6.97. The first-order valence-corrected chi connectivity index (χ1v) is 13.3. The van der Waals surface area contributed by atoms with Crippen molar-refractivity contribution in [1.82, 2.24) is 0 Å². The molecule has 0 aliphatic rings. The second-order valence-corrected chi connectivity index (χ2v) is 10.6. The standard InChI is InChI=1S/C36H20S/c1-2-13-29-27(11-1)28-12-3-4-14-30(28)34-22-24(19-20-31(29)34)23-9-7-10-25(21-23)26-16-8-17-33-32-15-5-6-18-35(32)37-36(26)33/h1-7,9-16,18-22H. The number of fused-ring (bicyclic) bond motifs is 9. The summed E-state index contributed by atoms with van der Waals surface area (Å²) in [5.41, 5.74) is 4.88. The molecule has 0 N–H and O–H groups in total. The predicted molar refractivity (Wildman–Crippen MR) is 160 cm³/mol. The Kier molecular flexibility index (Phi) is 4.40. The molecule has 0 bridgehead atoms. The summed E-state index contributed by atoms with van der Waals surface area (Å²) in [6, 6.07) is 50.7. The van der Waals surface area contributed by atoms with Gasteiger partial charge in [0.05, 0.1) is 10.1 Å². The molecule has 37 heavy (non-hydrogen) atoms. The van der Waals surface area contributed by atoms with Crippen LogP contribution in [0.1, 0.15) is 0 Å². The van der Waals surface area contributed by atoms with Crippen LogP contribution in [0.2, 0.25) is 0 Å². The summed E-state index contributed by atoms with van der Waals surface area (Å²) in [5, 5.41) is 10.2. The monoisotopic (exact) mass is 484 g/mol. The molecule has 0 radical (unpaired) electrons. The summed E-state index contributed by atoms with van der Waals surface area (Å²) in [6.07, 6.45) is 0. The largest absolute Gasteiger partial charge is 0.134 e. The molecule has 1 heterocycles. The molecule has 0 aliphatic heterocycles. The number of benzene rings is 6. The van der Waals surface area contributed by atoms with Gasteiger partial charge < -0.3 is 0 Å². The van der Waals surface area contributed by atoms with Gasteiger partial charge in [0.15, 0.2) is 0 Å². The smallest absolute Gasteiger partial charge is 0.0524 e. The van der Waals surface area contributed by atoms with Gasteiger partial charge in [0.2, 0.25) is 0 Å². The van der Waals surface area contributed by atoms with Gasteiger partial charge in [-0.1, -0.05) is 109 Å². The second-order valence-electron chi connectivity index (χ2n) is 9.56. The minimum Gasteiger partial charge on any atom is -0.134 e. The Balaban J connectivity index is 1.34. The molecule has 8 aromatic rings. The van der Waals surface area contributed by atoms with Gasteiger partial charge in [0, 0.05) is 15.6 Å². The van der Waals surface area contributed by atoms with Crippen molar-refractivity contribution in [2.24, 2.45) is 0 Å². The van der Waals surface area contributed by atoms with Crippen LogP contribution in [-0.4, -0.2) is 0 Å². The Morgan fingerprint density at radius 3 is 1.81 bits per heavy atom. The molecule has 0 fully saturated rings. The summed E-state index contributed by atoms with van der Waals surface area (Å²) in [5.74, 6) is 0. The van der Waals surface area contributed by atoms with Crippen molar-refractivity contribution in [2.45, 2.75) is 0 Å². The third-order valence-corrected chi connectivity index (χ3v) is 8.71. The highest BCUT2D eigenvalue weighted by Crippen LogP contribution is 2.40. The fourth-order valence-electron chi connectivity index (χ4n) is 5.77. The maximum Gasteiger partial charge on any atom is 0.0524 e. The van der Waals surface area contributed by atoms with Crippen LogP contribution in [0, 0.1) is 12.1 Å². The normalized spacial score (nSPS) is 11.6. The molecule has 0 aliphatic carbocycles. The summed E-state index contributed by atoms with van der Waals surface area (Å²) in [7, 11) is 0. The SMILES string of the molecule is c1cc(-c2cccc(-c3ccc4c5ccccc5c5ccccc5c4c3)c2)c2sc3ccccc3c2c#1. The van der Waals surface area contributed by atoms with Crippen molar-refractivity contribution >= 4 is 63.8 Å². The van der Waals surface area contributed by atoms with E-state index >= 15 is 0 Å². The predicted octanol–water partition coefficient (Wildman–Crippen LogP) is 10.4. The van der Waals surface area contributed by atoms with Crippen molar-refractivity contribution in [3.05, 3.63) is 133 Å². The summed E-state index contributed by atoms with van der Waals surface area (Å²) >= 11 is 1.84. The minimum atomic E-state index is 1.16. The van der Waals surface area contributed by atoms with E-state index in [2.05, 4.69) is 133 Å². The van der Waals surface area contributed by atoms with Crippen LogP contribution in [0.4, 0.5) is 0 Å².